The number of methoxy groups -OCH3 is 1. The molecule has 0 aromatic heterocycles. The van der Waals surface area contributed by atoms with Crippen LogP contribution < -0.4 is 4.74 Å². The summed E-state index contributed by atoms with van der Waals surface area (Å²) >= 11 is 2.67. The molecule has 4 rings (SSSR count). The summed E-state index contributed by atoms with van der Waals surface area (Å²) in [6.07, 6.45) is 9.89. The first kappa shape index (κ1) is 30.0. The molecule has 0 amide bonds. The van der Waals surface area contributed by atoms with E-state index in [0.717, 1.165) is 58.8 Å². The quantitative estimate of drug-likeness (QED) is 0.128. The standard InChI is InChI=1S/C31H41NO5S2/c1-6-20-8-9-23(17-20)21-10-12-22(13-11-21)28(33)37-25-14-7-19(2)26-27(25)39-30(38-26)24(18-32)29(34)36-16-15-31(3,4)35-5/h7,14,20-23H,6,8-13,15-17H2,1-5H3/b30-24-. The molecule has 212 valence electrons. The Kier molecular flexibility index (Phi) is 10.1. The number of nitrogens with zero attached hydrogens (tertiary/aromatic N) is 1. The largest absolute Gasteiger partial charge is 0.461 e. The maximum atomic E-state index is 13.2. The molecule has 8 heteroatoms. The van der Waals surface area contributed by atoms with Crippen LogP contribution in [0.3, 0.4) is 0 Å². The Morgan fingerprint density at radius 2 is 1.74 bits per heavy atom. The summed E-state index contributed by atoms with van der Waals surface area (Å²) < 4.78 is 17.3. The van der Waals surface area contributed by atoms with Crippen LogP contribution in [0.5, 0.6) is 5.75 Å². The summed E-state index contributed by atoms with van der Waals surface area (Å²) in [5.74, 6) is 2.09. The predicted molar refractivity (Wildman–Crippen MR) is 154 cm³/mol. The van der Waals surface area contributed by atoms with Crippen LogP contribution in [-0.4, -0.2) is 31.3 Å². The van der Waals surface area contributed by atoms with Crippen LogP contribution in [0.25, 0.3) is 0 Å². The molecule has 0 bridgehead atoms. The van der Waals surface area contributed by atoms with Gasteiger partial charge in [-0.15, -0.1) is 0 Å². The lowest BCUT2D eigenvalue weighted by Gasteiger charge is -2.31. The van der Waals surface area contributed by atoms with E-state index in [-0.39, 0.29) is 24.1 Å². The van der Waals surface area contributed by atoms with E-state index in [1.165, 1.54) is 49.2 Å². The molecule has 1 aromatic carbocycles. The number of hydrogen-bond donors (Lipinski definition) is 0. The predicted octanol–water partition coefficient (Wildman–Crippen LogP) is 7.82. The molecule has 39 heavy (non-hydrogen) atoms. The van der Waals surface area contributed by atoms with Crippen LogP contribution in [0, 0.1) is 41.9 Å². The van der Waals surface area contributed by atoms with Crippen LogP contribution >= 0.6 is 23.5 Å². The van der Waals surface area contributed by atoms with Gasteiger partial charge in [0, 0.05) is 18.4 Å². The molecule has 2 unspecified atom stereocenters. The van der Waals surface area contributed by atoms with Crippen molar-refractivity contribution in [2.45, 2.75) is 101 Å². The third-order valence-electron chi connectivity index (χ3n) is 8.81. The Balaban J connectivity index is 1.38. The highest BCUT2D eigenvalue weighted by Gasteiger charge is 2.36. The number of nitriles is 1. The number of aryl methyl sites for hydroxylation is 1. The Bertz CT molecular complexity index is 1150. The maximum absolute atomic E-state index is 13.2. The van der Waals surface area contributed by atoms with Crippen molar-refractivity contribution in [1.29, 1.82) is 5.26 Å². The number of thioether (sulfide) groups is 2. The minimum Gasteiger partial charge on any atom is -0.461 e. The van der Waals surface area contributed by atoms with Crippen molar-refractivity contribution in [3.05, 3.63) is 27.5 Å². The molecule has 3 aliphatic rings. The lowest BCUT2D eigenvalue weighted by Crippen LogP contribution is -2.28. The van der Waals surface area contributed by atoms with E-state index in [2.05, 4.69) is 6.92 Å². The monoisotopic (exact) mass is 571 g/mol. The third kappa shape index (κ3) is 7.23. The zero-order valence-corrected chi connectivity index (χ0v) is 25.5. The van der Waals surface area contributed by atoms with Gasteiger partial charge >= 0.3 is 11.9 Å². The fraction of sp³-hybridized carbons (Fsp3) is 0.645. The summed E-state index contributed by atoms with van der Waals surface area (Å²) in [6, 6.07) is 5.78. The second-order valence-corrected chi connectivity index (χ2v) is 14.0. The van der Waals surface area contributed by atoms with E-state index in [9.17, 15) is 14.9 Å². The number of fused-ring (bicyclic) bond motifs is 1. The third-order valence-corrected chi connectivity index (χ3v) is 11.6. The van der Waals surface area contributed by atoms with Crippen LogP contribution in [0.1, 0.15) is 84.1 Å². The van der Waals surface area contributed by atoms with Gasteiger partial charge in [0.05, 0.1) is 27.3 Å². The van der Waals surface area contributed by atoms with Crippen molar-refractivity contribution in [3.63, 3.8) is 0 Å². The van der Waals surface area contributed by atoms with Crippen molar-refractivity contribution < 1.29 is 23.8 Å². The Labute approximate surface area is 241 Å². The van der Waals surface area contributed by atoms with Gasteiger partial charge in [-0.2, -0.15) is 5.26 Å². The van der Waals surface area contributed by atoms with Gasteiger partial charge in [0.15, 0.2) is 5.57 Å². The summed E-state index contributed by atoms with van der Waals surface area (Å²) in [6.45, 7) is 8.27. The second-order valence-electron chi connectivity index (χ2n) is 11.7. The smallest absolute Gasteiger partial charge is 0.350 e. The van der Waals surface area contributed by atoms with Crippen molar-refractivity contribution >= 4 is 35.5 Å². The molecule has 2 aliphatic carbocycles. The zero-order chi connectivity index (χ0) is 28.2. The van der Waals surface area contributed by atoms with Gasteiger partial charge in [0.2, 0.25) is 0 Å². The van der Waals surface area contributed by atoms with Gasteiger partial charge in [-0.1, -0.05) is 49.4 Å². The normalized spacial score (nSPS) is 26.1. The van der Waals surface area contributed by atoms with E-state index >= 15 is 0 Å². The van der Waals surface area contributed by atoms with Gasteiger partial charge < -0.3 is 14.2 Å². The highest BCUT2D eigenvalue weighted by Crippen LogP contribution is 2.57. The van der Waals surface area contributed by atoms with Crippen LogP contribution in [0.15, 0.2) is 31.7 Å². The first-order valence-corrected chi connectivity index (χ1v) is 15.9. The van der Waals surface area contributed by atoms with Crippen LogP contribution in [-0.2, 0) is 19.1 Å². The van der Waals surface area contributed by atoms with Crippen LogP contribution in [0.4, 0.5) is 0 Å². The van der Waals surface area contributed by atoms with Gasteiger partial charge in [0.1, 0.15) is 11.8 Å². The SMILES string of the molecule is CCC1CCC(C2CCC(C(=O)Oc3ccc(C)c4c3S/C(=C(/C#N)C(=O)OCCC(C)(C)OC)S4)CC2)C1. The van der Waals surface area contributed by atoms with Crippen molar-refractivity contribution in [2.24, 2.45) is 23.7 Å². The number of benzene rings is 1. The summed E-state index contributed by atoms with van der Waals surface area (Å²) in [4.78, 5) is 27.6. The van der Waals surface area contributed by atoms with E-state index < -0.39 is 11.6 Å². The highest BCUT2D eigenvalue weighted by molar-refractivity contribution is 8.24. The number of carbonyl (C=O) groups excluding carboxylic acids is 2. The summed E-state index contributed by atoms with van der Waals surface area (Å²) in [5.41, 5.74) is 0.563. The van der Waals surface area contributed by atoms with Crippen molar-refractivity contribution in [2.75, 3.05) is 13.7 Å². The van der Waals surface area contributed by atoms with Crippen LogP contribution in [0.2, 0.25) is 0 Å². The molecule has 0 N–H and O–H groups in total. The average Bonchev–Trinajstić information content (AvgIpc) is 3.59. The number of carbonyl (C=O) groups is 2. The van der Waals surface area contributed by atoms with Gasteiger partial charge in [-0.05, 0) is 88.7 Å². The average molecular weight is 572 g/mol. The fourth-order valence-corrected chi connectivity index (χ4v) is 8.56. The van der Waals surface area contributed by atoms with E-state index in [1.54, 1.807) is 7.11 Å². The molecule has 0 radical (unpaired) electrons. The minimum atomic E-state index is -0.646. The molecule has 1 aliphatic heterocycles. The summed E-state index contributed by atoms with van der Waals surface area (Å²) in [5, 5.41) is 9.78. The Morgan fingerprint density at radius 1 is 1.05 bits per heavy atom. The molecular weight excluding hydrogens is 530 g/mol. The molecule has 2 saturated carbocycles. The van der Waals surface area contributed by atoms with Crippen molar-refractivity contribution in [1.82, 2.24) is 0 Å². The Morgan fingerprint density at radius 3 is 2.38 bits per heavy atom. The number of hydrogen-bond acceptors (Lipinski definition) is 8. The first-order chi connectivity index (χ1) is 18.7. The molecular formula is C31H41NO5S2. The molecule has 2 atom stereocenters. The second kappa shape index (κ2) is 13.1. The van der Waals surface area contributed by atoms with Gasteiger partial charge in [-0.3, -0.25) is 4.79 Å². The molecule has 6 nitrogen and oxygen atoms in total. The number of rotatable bonds is 9. The number of esters is 2. The molecule has 1 aromatic rings. The fourth-order valence-electron chi connectivity index (χ4n) is 5.92. The van der Waals surface area contributed by atoms with E-state index in [4.69, 9.17) is 14.2 Å². The van der Waals surface area contributed by atoms with Crippen molar-refractivity contribution in [3.8, 4) is 11.8 Å². The molecule has 0 saturated heterocycles. The maximum Gasteiger partial charge on any atom is 0.350 e. The lowest BCUT2D eigenvalue weighted by molar-refractivity contribution is -0.141. The zero-order valence-electron chi connectivity index (χ0n) is 23.8. The van der Waals surface area contributed by atoms with Gasteiger partial charge in [0.25, 0.3) is 0 Å². The topological polar surface area (TPSA) is 85.6 Å². The number of ether oxygens (including phenoxy) is 3. The van der Waals surface area contributed by atoms with E-state index in [0.29, 0.717) is 16.4 Å². The van der Waals surface area contributed by atoms with Gasteiger partial charge in [-0.25, -0.2) is 4.79 Å². The lowest BCUT2D eigenvalue weighted by atomic mass is 9.75. The molecule has 2 fully saturated rings. The Hall–Kier alpha value is -1.95. The highest BCUT2D eigenvalue weighted by atomic mass is 32.2. The first-order valence-electron chi connectivity index (χ1n) is 14.2. The summed E-state index contributed by atoms with van der Waals surface area (Å²) in [7, 11) is 1.61. The molecule has 0 spiro atoms. The van der Waals surface area contributed by atoms with E-state index in [1.807, 2.05) is 39.0 Å². The minimum absolute atomic E-state index is 0.0244. The molecule has 1 heterocycles.